The smallest absolute Gasteiger partial charge is 0.337 e. The van der Waals surface area contributed by atoms with Crippen molar-refractivity contribution in [3.63, 3.8) is 0 Å². The maximum Gasteiger partial charge on any atom is 0.337 e. The minimum atomic E-state index is -0.676. The fourth-order valence-electron chi connectivity index (χ4n) is 1.11. The third kappa shape index (κ3) is 4.24. The van der Waals surface area contributed by atoms with Gasteiger partial charge in [0.1, 0.15) is 5.75 Å². The van der Waals surface area contributed by atoms with Crippen molar-refractivity contribution in [2.24, 2.45) is 5.41 Å². The van der Waals surface area contributed by atoms with Crippen LogP contribution in [0.3, 0.4) is 0 Å². The lowest BCUT2D eigenvalue weighted by molar-refractivity contribution is -0.158. The third-order valence-electron chi connectivity index (χ3n) is 2.26. The topological polar surface area (TPSA) is 64.6 Å². The average molecular weight is 330 g/mol. The van der Waals surface area contributed by atoms with Crippen molar-refractivity contribution < 1.29 is 19.2 Å². The van der Waals surface area contributed by atoms with Gasteiger partial charge in [-0.15, -0.1) is 0 Å². The van der Waals surface area contributed by atoms with Gasteiger partial charge < -0.3 is 9.57 Å². The van der Waals surface area contributed by atoms with E-state index in [1.54, 1.807) is 39.0 Å². The van der Waals surface area contributed by atoms with Crippen LogP contribution in [0.5, 0.6) is 5.75 Å². The lowest BCUT2D eigenvalue weighted by Gasteiger charge is -2.16. The molecule has 0 heterocycles. The van der Waals surface area contributed by atoms with Gasteiger partial charge in [0, 0.05) is 5.56 Å². The van der Waals surface area contributed by atoms with Crippen molar-refractivity contribution in [1.29, 1.82) is 0 Å². The molecule has 0 aliphatic heterocycles. The summed E-state index contributed by atoms with van der Waals surface area (Å²) in [6.45, 7) is 5.10. The zero-order valence-corrected chi connectivity index (χ0v) is 12.8. The van der Waals surface area contributed by atoms with Crippen molar-refractivity contribution in [3.05, 3.63) is 28.2 Å². The number of halogens is 1. The molecule has 0 aliphatic rings. The number of benzene rings is 1. The summed E-state index contributed by atoms with van der Waals surface area (Å²) in [6, 6.07) is 4.82. The monoisotopic (exact) mass is 329 g/mol. The molecule has 1 N–H and O–H groups in total. The maximum absolute atomic E-state index is 11.8. The third-order valence-corrected chi connectivity index (χ3v) is 2.92. The summed E-state index contributed by atoms with van der Waals surface area (Å²) in [5.74, 6) is -0.497. The van der Waals surface area contributed by atoms with Gasteiger partial charge in [-0.1, -0.05) is 0 Å². The van der Waals surface area contributed by atoms with Crippen LogP contribution in [0.2, 0.25) is 0 Å². The van der Waals surface area contributed by atoms with Gasteiger partial charge in [-0.3, -0.25) is 4.79 Å². The normalized spacial score (nSPS) is 10.8. The van der Waals surface area contributed by atoms with Crippen LogP contribution >= 0.6 is 15.9 Å². The highest BCUT2D eigenvalue weighted by Gasteiger charge is 2.24. The van der Waals surface area contributed by atoms with E-state index in [9.17, 15) is 9.59 Å². The zero-order valence-electron chi connectivity index (χ0n) is 11.2. The average Bonchev–Trinajstić information content (AvgIpc) is 2.34. The largest absolute Gasteiger partial charge is 0.496 e. The van der Waals surface area contributed by atoms with E-state index in [4.69, 9.17) is 9.57 Å². The molecule has 5 nitrogen and oxygen atoms in total. The Hall–Kier alpha value is -1.56. The summed E-state index contributed by atoms with van der Waals surface area (Å²) >= 11 is 3.29. The number of ether oxygens (including phenoxy) is 1. The van der Waals surface area contributed by atoms with Crippen molar-refractivity contribution in [1.82, 2.24) is 5.48 Å². The molecule has 1 aromatic rings. The van der Waals surface area contributed by atoms with Gasteiger partial charge >= 0.3 is 5.97 Å². The van der Waals surface area contributed by atoms with E-state index in [0.29, 0.717) is 11.3 Å². The van der Waals surface area contributed by atoms with Crippen molar-refractivity contribution in [2.45, 2.75) is 20.8 Å². The van der Waals surface area contributed by atoms with E-state index in [0.717, 1.165) is 4.47 Å². The van der Waals surface area contributed by atoms with Crippen LogP contribution < -0.4 is 10.2 Å². The molecule has 1 aromatic carbocycles. The van der Waals surface area contributed by atoms with Gasteiger partial charge in [0.15, 0.2) is 0 Å². The highest BCUT2D eigenvalue weighted by molar-refractivity contribution is 9.10. The summed E-state index contributed by atoms with van der Waals surface area (Å²) in [5.41, 5.74) is 1.78. The van der Waals surface area contributed by atoms with Crippen LogP contribution in [0.15, 0.2) is 22.7 Å². The molecule has 0 unspecified atom stereocenters. The molecule has 6 heteroatoms. The second kappa shape index (κ2) is 6.06. The Morgan fingerprint density at radius 2 is 1.89 bits per heavy atom. The van der Waals surface area contributed by atoms with Gasteiger partial charge in [-0.2, -0.15) is 5.48 Å². The number of rotatable bonds is 2. The highest BCUT2D eigenvalue weighted by Crippen LogP contribution is 2.25. The number of carbonyl (C=O) groups is 2. The lowest BCUT2D eigenvalue weighted by atomic mass is 9.98. The number of carbonyl (C=O) groups excluding carboxylic acids is 2. The molecular formula is C13H16BrNO4. The molecule has 0 spiro atoms. The van der Waals surface area contributed by atoms with E-state index in [2.05, 4.69) is 21.4 Å². The van der Waals surface area contributed by atoms with Crippen molar-refractivity contribution in [3.8, 4) is 5.75 Å². The predicted octanol–water partition coefficient (Wildman–Crippen LogP) is 2.69. The molecule has 0 aromatic heterocycles. The van der Waals surface area contributed by atoms with E-state index < -0.39 is 17.3 Å². The summed E-state index contributed by atoms with van der Waals surface area (Å²) in [5, 5.41) is 0. The molecule has 104 valence electrons. The van der Waals surface area contributed by atoms with E-state index in [-0.39, 0.29) is 0 Å². The Kier molecular flexibility index (Phi) is 4.94. The predicted molar refractivity (Wildman–Crippen MR) is 73.7 cm³/mol. The lowest BCUT2D eigenvalue weighted by Crippen LogP contribution is -2.33. The Bertz CT molecular complexity index is 494. The Labute approximate surface area is 120 Å². The van der Waals surface area contributed by atoms with E-state index >= 15 is 0 Å². The Morgan fingerprint density at radius 1 is 1.26 bits per heavy atom. The van der Waals surface area contributed by atoms with Gasteiger partial charge in [0.05, 0.1) is 17.0 Å². The van der Waals surface area contributed by atoms with Gasteiger partial charge in [0.25, 0.3) is 5.91 Å². The van der Waals surface area contributed by atoms with Crippen molar-refractivity contribution in [2.75, 3.05) is 7.11 Å². The van der Waals surface area contributed by atoms with Crippen LogP contribution in [0.25, 0.3) is 0 Å². The SMILES string of the molecule is COc1cc(C(=O)NOC(=O)C(C)(C)C)ccc1Br. The molecule has 0 saturated carbocycles. The molecule has 1 rings (SSSR count). The minimum absolute atomic E-state index is 0.335. The molecule has 0 saturated heterocycles. The number of hydrogen-bond acceptors (Lipinski definition) is 4. The van der Waals surface area contributed by atoms with Crippen LogP contribution in [-0.2, 0) is 9.63 Å². The second-order valence-corrected chi connectivity index (χ2v) is 5.77. The first-order valence-corrected chi connectivity index (χ1v) is 6.40. The van der Waals surface area contributed by atoms with E-state index in [1.807, 2.05) is 0 Å². The molecule has 0 atom stereocenters. The standard InChI is InChI=1S/C13H16BrNO4/c1-13(2,3)12(17)19-15-11(16)8-5-6-9(14)10(7-8)18-4/h5-7H,1-4H3,(H,15,16). The second-order valence-electron chi connectivity index (χ2n) is 4.92. The Morgan fingerprint density at radius 3 is 2.42 bits per heavy atom. The summed E-state index contributed by atoms with van der Waals surface area (Å²) < 4.78 is 5.82. The van der Waals surface area contributed by atoms with Gasteiger partial charge in [-0.25, -0.2) is 4.79 Å². The first-order chi connectivity index (χ1) is 8.75. The summed E-state index contributed by atoms with van der Waals surface area (Å²) in [4.78, 5) is 28.0. The zero-order chi connectivity index (χ0) is 14.6. The van der Waals surface area contributed by atoms with Gasteiger partial charge in [0.2, 0.25) is 0 Å². The van der Waals surface area contributed by atoms with Crippen LogP contribution in [0.4, 0.5) is 0 Å². The fourth-order valence-corrected chi connectivity index (χ4v) is 1.51. The first-order valence-electron chi connectivity index (χ1n) is 5.61. The van der Waals surface area contributed by atoms with Crippen LogP contribution in [0, 0.1) is 5.41 Å². The number of amides is 1. The fraction of sp³-hybridized carbons (Fsp3) is 0.385. The molecule has 0 bridgehead atoms. The Balaban J connectivity index is 2.72. The summed E-state index contributed by atoms with van der Waals surface area (Å²) in [7, 11) is 1.50. The first kappa shape index (κ1) is 15.5. The van der Waals surface area contributed by atoms with E-state index in [1.165, 1.54) is 7.11 Å². The molecule has 19 heavy (non-hydrogen) atoms. The maximum atomic E-state index is 11.8. The molecule has 0 fully saturated rings. The minimum Gasteiger partial charge on any atom is -0.496 e. The molecule has 1 amide bonds. The number of hydrogen-bond donors (Lipinski definition) is 1. The highest BCUT2D eigenvalue weighted by atomic mass is 79.9. The number of nitrogens with one attached hydrogen (secondary N) is 1. The van der Waals surface area contributed by atoms with Crippen molar-refractivity contribution >= 4 is 27.8 Å². The number of methoxy groups -OCH3 is 1. The molecule has 0 radical (unpaired) electrons. The van der Waals surface area contributed by atoms with Crippen LogP contribution in [0.1, 0.15) is 31.1 Å². The molecular weight excluding hydrogens is 314 g/mol. The van der Waals surface area contributed by atoms with Crippen LogP contribution in [-0.4, -0.2) is 19.0 Å². The quantitative estimate of drug-likeness (QED) is 0.847. The molecule has 0 aliphatic carbocycles. The summed E-state index contributed by atoms with van der Waals surface area (Å²) in [6.07, 6.45) is 0. The van der Waals surface area contributed by atoms with Gasteiger partial charge in [-0.05, 0) is 54.9 Å². The number of hydroxylamine groups is 1.